The van der Waals surface area contributed by atoms with Crippen molar-refractivity contribution in [2.45, 2.75) is 37.8 Å². The lowest BCUT2D eigenvalue weighted by atomic mass is 9.92. The number of aromatic nitrogens is 2. The molecule has 0 bridgehead atoms. The highest BCUT2D eigenvalue weighted by Crippen LogP contribution is 2.35. The monoisotopic (exact) mass is 308 g/mol. The van der Waals surface area contributed by atoms with Crippen molar-refractivity contribution < 1.29 is 9.13 Å². The van der Waals surface area contributed by atoms with Crippen LogP contribution in [0.3, 0.4) is 0 Å². The second-order valence-electron chi connectivity index (χ2n) is 5.45. The maximum absolute atomic E-state index is 13.5. The van der Waals surface area contributed by atoms with Crippen LogP contribution in [-0.2, 0) is 4.74 Å². The predicted octanol–water partition coefficient (Wildman–Crippen LogP) is 4.47. The summed E-state index contributed by atoms with van der Waals surface area (Å²) in [6.45, 7) is 0. The average molecular weight is 309 g/mol. The summed E-state index contributed by atoms with van der Waals surface area (Å²) in [6, 6.07) is 4.76. The Labute approximate surface area is 128 Å². The Bertz CT molecular complexity index is 620. The van der Waals surface area contributed by atoms with E-state index in [0.29, 0.717) is 22.7 Å². The molecule has 0 atom stereocenters. The van der Waals surface area contributed by atoms with Crippen molar-refractivity contribution in [3.63, 3.8) is 0 Å². The lowest BCUT2D eigenvalue weighted by molar-refractivity contribution is 0.0586. The van der Waals surface area contributed by atoms with Gasteiger partial charge in [0.05, 0.1) is 11.1 Å². The standard InChI is InChI=1S/C16H18ClFN2O/c1-21-13-5-3-12(4-6-13)20-9-8-19-16(20)14-10-11(18)2-7-15(14)17/h2,7-10,12-13H,3-6H2,1H3. The van der Waals surface area contributed by atoms with Crippen molar-refractivity contribution in [1.29, 1.82) is 0 Å². The highest BCUT2D eigenvalue weighted by molar-refractivity contribution is 6.33. The van der Waals surface area contributed by atoms with Gasteiger partial charge in [0.25, 0.3) is 0 Å². The molecule has 1 aromatic heterocycles. The van der Waals surface area contributed by atoms with Gasteiger partial charge in [-0.05, 0) is 43.9 Å². The Kier molecular flexibility index (Phi) is 4.27. The summed E-state index contributed by atoms with van der Waals surface area (Å²) in [7, 11) is 1.76. The summed E-state index contributed by atoms with van der Waals surface area (Å²) in [4.78, 5) is 4.38. The van der Waals surface area contributed by atoms with E-state index < -0.39 is 0 Å². The van der Waals surface area contributed by atoms with Crippen molar-refractivity contribution >= 4 is 11.6 Å². The van der Waals surface area contributed by atoms with E-state index in [-0.39, 0.29) is 5.82 Å². The summed E-state index contributed by atoms with van der Waals surface area (Å²) < 4.78 is 21.0. The molecular weight excluding hydrogens is 291 g/mol. The summed E-state index contributed by atoms with van der Waals surface area (Å²) in [5, 5.41) is 0.523. The largest absolute Gasteiger partial charge is 0.381 e. The molecule has 3 nitrogen and oxygen atoms in total. The van der Waals surface area contributed by atoms with Crippen LogP contribution in [0.5, 0.6) is 0 Å². The van der Waals surface area contributed by atoms with E-state index in [1.54, 1.807) is 19.4 Å². The molecule has 1 heterocycles. The highest BCUT2D eigenvalue weighted by Gasteiger charge is 2.24. The van der Waals surface area contributed by atoms with E-state index in [9.17, 15) is 4.39 Å². The molecule has 1 aliphatic carbocycles. The number of nitrogens with zero attached hydrogens (tertiary/aromatic N) is 2. The lowest BCUT2D eigenvalue weighted by Gasteiger charge is -2.29. The van der Waals surface area contributed by atoms with Crippen LogP contribution >= 0.6 is 11.6 Å². The van der Waals surface area contributed by atoms with Crippen molar-refractivity contribution in [2.24, 2.45) is 0 Å². The van der Waals surface area contributed by atoms with Gasteiger partial charge in [-0.15, -0.1) is 0 Å². The Balaban J connectivity index is 1.89. The van der Waals surface area contributed by atoms with Crippen molar-refractivity contribution in [1.82, 2.24) is 9.55 Å². The highest BCUT2D eigenvalue weighted by atomic mass is 35.5. The Morgan fingerprint density at radius 1 is 1.29 bits per heavy atom. The van der Waals surface area contributed by atoms with Gasteiger partial charge in [-0.3, -0.25) is 0 Å². The van der Waals surface area contributed by atoms with Gasteiger partial charge in [0.1, 0.15) is 11.6 Å². The zero-order valence-electron chi connectivity index (χ0n) is 11.9. The molecule has 0 unspecified atom stereocenters. The molecule has 21 heavy (non-hydrogen) atoms. The molecule has 2 aromatic rings. The smallest absolute Gasteiger partial charge is 0.141 e. The topological polar surface area (TPSA) is 27.1 Å². The van der Waals surface area contributed by atoms with Crippen LogP contribution in [0.15, 0.2) is 30.6 Å². The van der Waals surface area contributed by atoms with Crippen LogP contribution in [0.2, 0.25) is 5.02 Å². The average Bonchev–Trinajstić information content (AvgIpc) is 2.99. The summed E-state index contributed by atoms with van der Waals surface area (Å²) in [5.74, 6) is 0.437. The molecule has 1 aliphatic rings. The molecule has 0 N–H and O–H groups in total. The lowest BCUT2D eigenvalue weighted by Crippen LogP contribution is -2.22. The molecule has 5 heteroatoms. The minimum absolute atomic E-state index is 0.299. The Morgan fingerprint density at radius 3 is 2.76 bits per heavy atom. The number of rotatable bonds is 3. The Morgan fingerprint density at radius 2 is 2.05 bits per heavy atom. The summed E-state index contributed by atoms with van der Waals surface area (Å²) in [5.41, 5.74) is 0.649. The SMILES string of the molecule is COC1CCC(n2ccnc2-c2cc(F)ccc2Cl)CC1. The number of methoxy groups -OCH3 is 1. The first kappa shape index (κ1) is 14.5. The number of halogens is 2. The van der Waals surface area contributed by atoms with Crippen LogP contribution < -0.4 is 0 Å². The molecule has 1 saturated carbocycles. The van der Waals surface area contributed by atoms with E-state index in [2.05, 4.69) is 9.55 Å². The summed E-state index contributed by atoms with van der Waals surface area (Å²) >= 11 is 6.20. The van der Waals surface area contributed by atoms with Gasteiger partial charge in [-0.25, -0.2) is 9.37 Å². The molecule has 1 fully saturated rings. The fraction of sp³-hybridized carbons (Fsp3) is 0.438. The first-order chi connectivity index (χ1) is 10.2. The number of imidazole rings is 1. The molecule has 3 rings (SSSR count). The van der Waals surface area contributed by atoms with Gasteiger partial charge < -0.3 is 9.30 Å². The molecule has 0 saturated heterocycles. The van der Waals surface area contributed by atoms with Crippen molar-refractivity contribution in [3.05, 3.63) is 41.4 Å². The van der Waals surface area contributed by atoms with Crippen molar-refractivity contribution in [3.8, 4) is 11.4 Å². The zero-order valence-corrected chi connectivity index (χ0v) is 12.7. The maximum atomic E-state index is 13.5. The van der Waals surface area contributed by atoms with Gasteiger partial charge in [0.15, 0.2) is 0 Å². The molecule has 0 radical (unpaired) electrons. The predicted molar refractivity (Wildman–Crippen MR) is 80.9 cm³/mol. The fourth-order valence-corrected chi connectivity index (χ4v) is 3.25. The first-order valence-electron chi connectivity index (χ1n) is 7.20. The third-order valence-electron chi connectivity index (χ3n) is 4.21. The van der Waals surface area contributed by atoms with Crippen molar-refractivity contribution in [2.75, 3.05) is 7.11 Å². The van der Waals surface area contributed by atoms with Crippen LogP contribution in [0.4, 0.5) is 4.39 Å². The van der Waals surface area contributed by atoms with E-state index in [1.165, 1.54) is 12.1 Å². The molecule has 1 aromatic carbocycles. The molecule has 0 amide bonds. The van der Waals surface area contributed by atoms with E-state index in [1.807, 2.05) is 6.20 Å². The minimum Gasteiger partial charge on any atom is -0.381 e. The van der Waals surface area contributed by atoms with E-state index >= 15 is 0 Å². The van der Waals surface area contributed by atoms with Crippen LogP contribution in [0, 0.1) is 5.82 Å². The van der Waals surface area contributed by atoms with Crippen LogP contribution in [-0.4, -0.2) is 22.8 Å². The quantitative estimate of drug-likeness (QED) is 0.836. The van der Waals surface area contributed by atoms with Gasteiger partial charge in [0, 0.05) is 31.1 Å². The third kappa shape index (κ3) is 2.97. The third-order valence-corrected chi connectivity index (χ3v) is 4.54. The summed E-state index contributed by atoms with van der Waals surface area (Å²) in [6.07, 6.45) is 8.20. The number of hydrogen-bond donors (Lipinski definition) is 0. The zero-order chi connectivity index (χ0) is 14.8. The van der Waals surface area contributed by atoms with E-state index in [4.69, 9.17) is 16.3 Å². The van der Waals surface area contributed by atoms with E-state index in [0.717, 1.165) is 31.5 Å². The molecule has 0 aliphatic heterocycles. The van der Waals surface area contributed by atoms with Gasteiger partial charge in [-0.2, -0.15) is 0 Å². The van der Waals surface area contributed by atoms with Crippen LogP contribution in [0.1, 0.15) is 31.7 Å². The van der Waals surface area contributed by atoms with Crippen LogP contribution in [0.25, 0.3) is 11.4 Å². The normalized spacial score (nSPS) is 22.4. The maximum Gasteiger partial charge on any atom is 0.141 e. The second kappa shape index (κ2) is 6.16. The fourth-order valence-electron chi connectivity index (χ4n) is 3.04. The number of benzene rings is 1. The van der Waals surface area contributed by atoms with Gasteiger partial charge in [-0.1, -0.05) is 11.6 Å². The second-order valence-corrected chi connectivity index (χ2v) is 5.86. The molecule has 112 valence electrons. The number of ether oxygens (including phenoxy) is 1. The Hall–Kier alpha value is -1.39. The molecular formula is C16H18ClFN2O. The number of hydrogen-bond acceptors (Lipinski definition) is 2. The molecule has 0 spiro atoms. The van der Waals surface area contributed by atoms with Gasteiger partial charge >= 0.3 is 0 Å². The first-order valence-corrected chi connectivity index (χ1v) is 7.58. The van der Waals surface area contributed by atoms with Gasteiger partial charge in [0.2, 0.25) is 0 Å². The minimum atomic E-state index is -0.299.